The Bertz CT molecular complexity index is 473. The zero-order chi connectivity index (χ0) is 24.2. The van der Waals surface area contributed by atoms with Gasteiger partial charge >= 0.3 is 5.97 Å². The van der Waals surface area contributed by atoms with Gasteiger partial charge in [0, 0.05) is 18.8 Å². The Morgan fingerprint density at radius 1 is 0.750 bits per heavy atom. The van der Waals surface area contributed by atoms with Crippen LogP contribution in [0.25, 0.3) is 0 Å². The van der Waals surface area contributed by atoms with Crippen molar-refractivity contribution in [3.8, 4) is 0 Å². The second kappa shape index (κ2) is 19.4. The molecule has 0 spiro atoms. The number of carboxylic acids is 1. The largest absolute Gasteiger partial charge is 0.550 e. The summed E-state index contributed by atoms with van der Waals surface area (Å²) in [4.78, 5) is 23.2. The number of esters is 1. The zero-order valence-electron chi connectivity index (χ0n) is 22.0. The topological polar surface area (TPSA) is 66.4 Å². The van der Waals surface area contributed by atoms with E-state index in [2.05, 4.69) is 13.8 Å². The molecule has 0 bridgehead atoms. The van der Waals surface area contributed by atoms with Gasteiger partial charge in [-0.3, -0.25) is 4.79 Å². The Morgan fingerprint density at radius 2 is 1.19 bits per heavy atom. The summed E-state index contributed by atoms with van der Waals surface area (Å²) in [6.45, 7) is 4.81. The smallest absolute Gasteiger partial charge is 0.306 e. The van der Waals surface area contributed by atoms with Crippen LogP contribution in [0.2, 0.25) is 0 Å². The van der Waals surface area contributed by atoms with Gasteiger partial charge in [-0.05, 0) is 5.92 Å². The first-order valence-corrected chi connectivity index (χ1v) is 13.3. The first-order chi connectivity index (χ1) is 15.1. The summed E-state index contributed by atoms with van der Waals surface area (Å²) in [6, 6.07) is 0. The normalized spacial score (nSPS) is 13.7. The lowest BCUT2D eigenvalue weighted by Gasteiger charge is -2.29. The second-order valence-electron chi connectivity index (χ2n) is 10.9. The lowest BCUT2D eigenvalue weighted by atomic mass is 9.98. The zero-order valence-corrected chi connectivity index (χ0v) is 22.0. The van der Waals surface area contributed by atoms with Crippen molar-refractivity contribution in [3.63, 3.8) is 0 Å². The molecular formula is C27H53NO4. The Morgan fingerprint density at radius 3 is 1.59 bits per heavy atom. The lowest BCUT2D eigenvalue weighted by Crippen LogP contribution is -2.45. The van der Waals surface area contributed by atoms with Crippen LogP contribution in [0, 0.1) is 5.92 Å². The number of hydrogen-bond acceptors (Lipinski definition) is 4. The van der Waals surface area contributed by atoms with Crippen LogP contribution in [0.5, 0.6) is 0 Å². The Hall–Kier alpha value is -1.10. The van der Waals surface area contributed by atoms with Gasteiger partial charge in [-0.2, -0.15) is 0 Å². The van der Waals surface area contributed by atoms with E-state index < -0.39 is 12.1 Å². The number of unbranched alkanes of at least 4 members (excludes halogenated alkanes) is 13. The second-order valence-corrected chi connectivity index (χ2v) is 10.9. The molecule has 2 unspecified atom stereocenters. The number of quaternary nitrogens is 1. The number of carboxylic acid groups (broad SMARTS) is 1. The van der Waals surface area contributed by atoms with E-state index >= 15 is 0 Å². The van der Waals surface area contributed by atoms with Gasteiger partial charge in [0.1, 0.15) is 6.54 Å². The highest BCUT2D eigenvalue weighted by molar-refractivity contribution is 5.71. The van der Waals surface area contributed by atoms with Gasteiger partial charge in [-0.25, -0.2) is 0 Å². The molecule has 0 rings (SSSR count). The van der Waals surface area contributed by atoms with E-state index in [4.69, 9.17) is 4.74 Å². The molecule has 2 atom stereocenters. The highest BCUT2D eigenvalue weighted by Crippen LogP contribution is 2.17. The molecule has 32 heavy (non-hydrogen) atoms. The first kappa shape index (κ1) is 30.9. The molecule has 190 valence electrons. The number of nitrogens with zero attached hydrogens (tertiary/aromatic N) is 1. The molecule has 0 aromatic carbocycles. The molecule has 0 aliphatic carbocycles. The van der Waals surface area contributed by atoms with Crippen LogP contribution in [0.15, 0.2) is 0 Å². The van der Waals surface area contributed by atoms with E-state index in [0.29, 0.717) is 17.4 Å². The predicted octanol–water partition coefficient (Wildman–Crippen LogP) is 5.64. The van der Waals surface area contributed by atoms with Crippen LogP contribution in [0.4, 0.5) is 0 Å². The third-order valence-corrected chi connectivity index (χ3v) is 6.01. The maximum atomic E-state index is 12.2. The van der Waals surface area contributed by atoms with Crippen molar-refractivity contribution < 1.29 is 23.9 Å². The summed E-state index contributed by atoms with van der Waals surface area (Å²) in [6.07, 6.45) is 19.4. The van der Waals surface area contributed by atoms with Crippen molar-refractivity contribution >= 4 is 11.9 Å². The minimum absolute atomic E-state index is 0.241. The summed E-state index contributed by atoms with van der Waals surface area (Å²) in [5, 5.41) is 10.9. The molecule has 5 nitrogen and oxygen atoms in total. The summed E-state index contributed by atoms with van der Waals surface area (Å²) in [7, 11) is 5.86. The Balaban J connectivity index is 3.70. The maximum Gasteiger partial charge on any atom is 0.306 e. The van der Waals surface area contributed by atoms with E-state index in [-0.39, 0.29) is 18.3 Å². The first-order valence-electron chi connectivity index (χ1n) is 13.3. The molecule has 0 heterocycles. The van der Waals surface area contributed by atoms with Crippen molar-refractivity contribution in [1.82, 2.24) is 0 Å². The van der Waals surface area contributed by atoms with Gasteiger partial charge in [0.15, 0.2) is 6.10 Å². The van der Waals surface area contributed by atoms with Crippen molar-refractivity contribution in [2.24, 2.45) is 5.92 Å². The van der Waals surface area contributed by atoms with E-state index in [1.165, 1.54) is 83.5 Å². The number of carbonyl (C=O) groups is 2. The van der Waals surface area contributed by atoms with E-state index in [0.717, 1.165) is 12.8 Å². The van der Waals surface area contributed by atoms with Crippen molar-refractivity contribution in [1.29, 1.82) is 0 Å². The summed E-state index contributed by atoms with van der Waals surface area (Å²) in [5.74, 6) is -1.19. The van der Waals surface area contributed by atoms with Crippen LogP contribution in [0.1, 0.15) is 123 Å². The average molecular weight is 456 g/mol. The lowest BCUT2D eigenvalue weighted by molar-refractivity contribution is -0.873. The van der Waals surface area contributed by atoms with Gasteiger partial charge in [0.2, 0.25) is 0 Å². The number of carbonyl (C=O) groups excluding carboxylic acids is 2. The highest BCUT2D eigenvalue weighted by Gasteiger charge is 2.23. The molecule has 0 aromatic rings. The summed E-state index contributed by atoms with van der Waals surface area (Å²) < 4.78 is 6.00. The Labute approximate surface area is 198 Å². The monoisotopic (exact) mass is 455 g/mol. The number of ether oxygens (including phenoxy) is 1. The predicted molar refractivity (Wildman–Crippen MR) is 131 cm³/mol. The van der Waals surface area contributed by atoms with E-state index in [9.17, 15) is 14.7 Å². The molecule has 0 radical (unpaired) electrons. The highest BCUT2D eigenvalue weighted by atomic mass is 16.5. The van der Waals surface area contributed by atoms with Crippen LogP contribution < -0.4 is 5.11 Å². The van der Waals surface area contributed by atoms with Gasteiger partial charge in [0.05, 0.1) is 21.1 Å². The quantitative estimate of drug-likeness (QED) is 0.120. The summed E-state index contributed by atoms with van der Waals surface area (Å²) >= 11 is 0. The Kier molecular flexibility index (Phi) is 18.7. The van der Waals surface area contributed by atoms with E-state index in [1.54, 1.807) is 0 Å². The van der Waals surface area contributed by atoms with Gasteiger partial charge < -0.3 is 19.1 Å². The minimum Gasteiger partial charge on any atom is -0.550 e. The average Bonchev–Trinajstić information content (AvgIpc) is 2.66. The molecule has 0 fully saturated rings. The fourth-order valence-corrected chi connectivity index (χ4v) is 4.25. The maximum absolute atomic E-state index is 12.2. The summed E-state index contributed by atoms with van der Waals surface area (Å²) in [5.41, 5.74) is 0. The van der Waals surface area contributed by atoms with Crippen molar-refractivity contribution in [2.45, 2.75) is 129 Å². The minimum atomic E-state index is -1.17. The van der Waals surface area contributed by atoms with Crippen molar-refractivity contribution in [3.05, 3.63) is 0 Å². The number of hydrogen-bond donors (Lipinski definition) is 0. The molecule has 0 N–H and O–H groups in total. The number of aliphatic carboxylic acids is 1. The SMILES string of the molecule is CCCCCCCCCCCCCCCCC(C)CC(=O)OC(CC(=O)[O-])C[N+](C)(C)C. The van der Waals surface area contributed by atoms with Gasteiger partial charge in [-0.1, -0.05) is 110 Å². The van der Waals surface area contributed by atoms with E-state index in [1.807, 2.05) is 21.1 Å². The number of likely N-dealkylation sites (N-methyl/N-ethyl adjacent to an activating group) is 1. The standard InChI is InChI=1S/C27H53NO4/c1-6-7-8-9-10-11-12-13-14-15-16-17-18-19-20-24(2)21-27(31)32-25(22-26(29)30)23-28(3,4)5/h24-25H,6-23H2,1-5H3. The molecule has 0 saturated carbocycles. The molecule has 0 aromatic heterocycles. The van der Waals surface area contributed by atoms with Crippen molar-refractivity contribution in [2.75, 3.05) is 27.7 Å². The van der Waals surface area contributed by atoms with Crippen LogP contribution in [0.3, 0.4) is 0 Å². The molecular weight excluding hydrogens is 402 g/mol. The van der Waals surface area contributed by atoms with Crippen LogP contribution >= 0.6 is 0 Å². The van der Waals surface area contributed by atoms with Gasteiger partial charge in [0.25, 0.3) is 0 Å². The fraction of sp³-hybridized carbons (Fsp3) is 0.926. The molecule has 0 saturated heterocycles. The third-order valence-electron chi connectivity index (χ3n) is 6.01. The molecule has 5 heteroatoms. The van der Waals surface area contributed by atoms with Crippen LogP contribution in [-0.2, 0) is 14.3 Å². The van der Waals surface area contributed by atoms with Crippen LogP contribution in [-0.4, -0.2) is 50.2 Å². The molecule has 0 aliphatic rings. The fourth-order valence-electron chi connectivity index (χ4n) is 4.25. The third kappa shape index (κ3) is 22.1. The molecule has 0 amide bonds. The van der Waals surface area contributed by atoms with Gasteiger partial charge in [-0.15, -0.1) is 0 Å². The molecule has 0 aliphatic heterocycles. The number of rotatable bonds is 22.